The summed E-state index contributed by atoms with van der Waals surface area (Å²) >= 11 is 0. The molecular weight excluding hydrogens is 490 g/mol. The number of imidazole rings is 1. The summed E-state index contributed by atoms with van der Waals surface area (Å²) in [7, 11) is 1.70. The van der Waals surface area contributed by atoms with E-state index in [4.69, 9.17) is 12.3 Å². The number of amides is 1. The van der Waals surface area contributed by atoms with Gasteiger partial charge >= 0.3 is 6.18 Å². The second-order valence-electron chi connectivity index (χ2n) is 8.91. The Hall–Kier alpha value is -4.24. The maximum Gasteiger partial charge on any atom is 0.434 e. The molecule has 1 saturated heterocycles. The molecule has 1 amide bonds. The zero-order chi connectivity index (χ0) is 26.5. The quantitative estimate of drug-likeness (QED) is 0.319. The van der Waals surface area contributed by atoms with Gasteiger partial charge in [0.25, 0.3) is 5.91 Å². The zero-order valence-corrected chi connectivity index (χ0v) is 19.6. The number of nitrogens with two attached hydrogens (primary N) is 1. The topological polar surface area (TPSA) is 86.3 Å². The molecule has 0 bridgehead atoms. The first kappa shape index (κ1) is 24.5. The van der Waals surface area contributed by atoms with E-state index in [9.17, 15) is 22.4 Å². The number of carbonyl (C=O) groups is 1. The Morgan fingerprint density at radius 3 is 2.68 bits per heavy atom. The van der Waals surface area contributed by atoms with Gasteiger partial charge in [-0.3, -0.25) is 14.0 Å². The second-order valence-corrected chi connectivity index (χ2v) is 8.91. The van der Waals surface area contributed by atoms with Crippen molar-refractivity contribution in [2.75, 3.05) is 13.1 Å². The van der Waals surface area contributed by atoms with Crippen molar-refractivity contribution in [3.05, 3.63) is 71.2 Å². The summed E-state index contributed by atoms with van der Waals surface area (Å²) in [6, 6.07) is 7.63. The predicted octanol–water partition coefficient (Wildman–Crippen LogP) is 4.70. The minimum Gasteiger partial charge on any atom is -0.336 e. The lowest BCUT2D eigenvalue weighted by atomic mass is 10.1. The smallest absolute Gasteiger partial charge is 0.336 e. The molecule has 37 heavy (non-hydrogen) atoms. The van der Waals surface area contributed by atoms with Crippen molar-refractivity contribution >= 4 is 22.5 Å². The molecule has 1 aliphatic heterocycles. The first-order valence-electron chi connectivity index (χ1n) is 11.4. The lowest BCUT2D eigenvalue weighted by Crippen LogP contribution is -2.46. The van der Waals surface area contributed by atoms with E-state index in [2.05, 4.69) is 14.9 Å². The molecule has 190 valence electrons. The standard InChI is InChI=1S/C25H21F4N7O/c1-31-19-7-5-14(11-18(19)26)23-33-21(24(37)35-9-3-4-16(30)13-35)22(25(27,28)29)36(23)17-6-8-20-15(10-17)12-32-34(20)2/h5-8,10-12,16H,3-4,9,13,30H2,2H3/t16-/m1/s1. The number of likely N-dealkylation sites (tertiary alicyclic amines) is 1. The molecule has 0 aliphatic carbocycles. The van der Waals surface area contributed by atoms with E-state index in [1.807, 2.05) is 0 Å². The largest absolute Gasteiger partial charge is 0.434 e. The van der Waals surface area contributed by atoms with Crippen molar-refractivity contribution in [2.45, 2.75) is 25.1 Å². The van der Waals surface area contributed by atoms with Crippen LogP contribution < -0.4 is 5.73 Å². The Morgan fingerprint density at radius 2 is 2.00 bits per heavy atom. The number of carbonyl (C=O) groups excluding carboxylic acids is 1. The van der Waals surface area contributed by atoms with Gasteiger partial charge < -0.3 is 10.6 Å². The van der Waals surface area contributed by atoms with Gasteiger partial charge in [0.2, 0.25) is 5.69 Å². The maximum absolute atomic E-state index is 14.7. The lowest BCUT2D eigenvalue weighted by Gasteiger charge is -2.30. The van der Waals surface area contributed by atoms with Gasteiger partial charge in [-0.2, -0.15) is 18.3 Å². The highest BCUT2D eigenvalue weighted by molar-refractivity contribution is 5.95. The molecule has 1 atom stereocenters. The van der Waals surface area contributed by atoms with Gasteiger partial charge in [0.15, 0.2) is 11.4 Å². The number of alkyl halides is 3. The molecule has 1 aliphatic rings. The summed E-state index contributed by atoms with van der Waals surface area (Å²) in [6.07, 6.45) is -2.25. The summed E-state index contributed by atoms with van der Waals surface area (Å²) in [5.41, 5.74) is 4.35. The van der Waals surface area contributed by atoms with Crippen LogP contribution >= 0.6 is 0 Å². The van der Waals surface area contributed by atoms with Crippen LogP contribution in [-0.4, -0.2) is 49.3 Å². The van der Waals surface area contributed by atoms with Crippen LogP contribution in [0.25, 0.3) is 32.8 Å². The number of benzene rings is 2. The summed E-state index contributed by atoms with van der Waals surface area (Å²) in [6.45, 7) is 7.43. The van der Waals surface area contributed by atoms with E-state index in [1.165, 1.54) is 35.4 Å². The molecule has 2 N–H and O–H groups in total. The van der Waals surface area contributed by atoms with E-state index in [0.29, 0.717) is 23.7 Å². The van der Waals surface area contributed by atoms with E-state index in [1.54, 1.807) is 17.8 Å². The minimum atomic E-state index is -4.98. The van der Waals surface area contributed by atoms with Crippen LogP contribution in [0.1, 0.15) is 29.0 Å². The average molecular weight is 511 g/mol. The molecule has 0 spiro atoms. The molecule has 3 heterocycles. The van der Waals surface area contributed by atoms with Gasteiger partial charge in [0, 0.05) is 42.8 Å². The molecular formula is C25H21F4N7O. The van der Waals surface area contributed by atoms with Crippen molar-refractivity contribution < 1.29 is 22.4 Å². The van der Waals surface area contributed by atoms with Crippen LogP contribution in [0.5, 0.6) is 0 Å². The highest BCUT2D eigenvalue weighted by Gasteiger charge is 2.44. The zero-order valence-electron chi connectivity index (χ0n) is 19.6. The highest BCUT2D eigenvalue weighted by Crippen LogP contribution is 2.39. The molecule has 0 unspecified atom stereocenters. The van der Waals surface area contributed by atoms with Crippen LogP contribution in [0.15, 0.2) is 42.6 Å². The van der Waals surface area contributed by atoms with Crippen molar-refractivity contribution in [3.63, 3.8) is 0 Å². The second kappa shape index (κ2) is 9.01. The van der Waals surface area contributed by atoms with E-state index < -0.39 is 29.3 Å². The van der Waals surface area contributed by atoms with Crippen LogP contribution in [-0.2, 0) is 13.2 Å². The molecule has 8 nitrogen and oxygen atoms in total. The Balaban J connectivity index is 1.78. The lowest BCUT2D eigenvalue weighted by molar-refractivity contribution is -0.142. The van der Waals surface area contributed by atoms with Gasteiger partial charge in [-0.15, -0.1) is 0 Å². The number of hydrogen-bond acceptors (Lipinski definition) is 4. The molecule has 12 heteroatoms. The van der Waals surface area contributed by atoms with Crippen LogP contribution in [0.3, 0.4) is 0 Å². The number of hydrogen-bond donors (Lipinski definition) is 1. The Kier molecular flexibility index (Phi) is 5.95. The molecule has 5 rings (SSSR count). The summed E-state index contributed by atoms with van der Waals surface area (Å²) in [4.78, 5) is 21.9. The molecule has 2 aromatic heterocycles. The van der Waals surface area contributed by atoms with Gasteiger partial charge in [0.05, 0.1) is 18.3 Å². The molecule has 0 saturated carbocycles. The van der Waals surface area contributed by atoms with E-state index in [-0.39, 0.29) is 41.9 Å². The molecule has 2 aromatic carbocycles. The number of piperidine rings is 1. The van der Waals surface area contributed by atoms with E-state index in [0.717, 1.165) is 10.6 Å². The monoisotopic (exact) mass is 511 g/mol. The Morgan fingerprint density at radius 1 is 1.22 bits per heavy atom. The number of aryl methyl sites for hydroxylation is 1. The number of aromatic nitrogens is 4. The molecule has 0 radical (unpaired) electrons. The fourth-order valence-electron chi connectivity index (χ4n) is 4.65. The Labute approximate surface area is 208 Å². The molecule has 4 aromatic rings. The van der Waals surface area contributed by atoms with Crippen molar-refractivity contribution in [2.24, 2.45) is 12.8 Å². The maximum atomic E-state index is 14.7. The summed E-state index contributed by atoms with van der Waals surface area (Å²) in [5, 5.41) is 4.70. The SMILES string of the molecule is [C-]#[N+]c1ccc(-c2nc(C(=O)N3CCC[C@@H](N)C3)c(C(F)(F)F)n2-c2ccc3c(cnn3C)c2)cc1F. The Bertz CT molecular complexity index is 1560. The number of rotatable bonds is 3. The molecule has 1 fully saturated rings. The van der Waals surface area contributed by atoms with Crippen LogP contribution in [0.2, 0.25) is 0 Å². The first-order valence-corrected chi connectivity index (χ1v) is 11.4. The normalized spacial score (nSPS) is 16.2. The first-order chi connectivity index (χ1) is 17.6. The van der Waals surface area contributed by atoms with Gasteiger partial charge in [-0.05, 0) is 37.1 Å². The van der Waals surface area contributed by atoms with Gasteiger partial charge in [-0.1, -0.05) is 12.1 Å². The third-order valence-electron chi connectivity index (χ3n) is 6.41. The third-order valence-corrected chi connectivity index (χ3v) is 6.41. The van der Waals surface area contributed by atoms with E-state index >= 15 is 0 Å². The summed E-state index contributed by atoms with van der Waals surface area (Å²) < 4.78 is 60.9. The van der Waals surface area contributed by atoms with Gasteiger partial charge in [-0.25, -0.2) is 14.2 Å². The predicted molar refractivity (Wildman–Crippen MR) is 128 cm³/mol. The highest BCUT2D eigenvalue weighted by atomic mass is 19.4. The fourth-order valence-corrected chi connectivity index (χ4v) is 4.65. The third kappa shape index (κ3) is 4.31. The van der Waals surface area contributed by atoms with Crippen molar-refractivity contribution in [3.8, 4) is 17.1 Å². The number of halogens is 4. The average Bonchev–Trinajstić information content (AvgIpc) is 3.44. The van der Waals surface area contributed by atoms with Crippen LogP contribution in [0, 0.1) is 12.4 Å². The fraction of sp³-hybridized carbons (Fsp3) is 0.280. The van der Waals surface area contributed by atoms with Crippen LogP contribution in [0.4, 0.5) is 23.2 Å². The van der Waals surface area contributed by atoms with Crippen molar-refractivity contribution in [1.82, 2.24) is 24.2 Å². The number of nitrogens with zero attached hydrogens (tertiary/aromatic N) is 6. The van der Waals surface area contributed by atoms with Crippen molar-refractivity contribution in [1.29, 1.82) is 0 Å². The number of fused-ring (bicyclic) bond motifs is 1. The van der Waals surface area contributed by atoms with Gasteiger partial charge in [0.1, 0.15) is 11.6 Å². The summed E-state index contributed by atoms with van der Waals surface area (Å²) in [5.74, 6) is -2.09. The minimum absolute atomic E-state index is 0.0175.